The van der Waals surface area contributed by atoms with Crippen LogP contribution in [-0.4, -0.2) is 16.9 Å². The summed E-state index contributed by atoms with van der Waals surface area (Å²) in [5.41, 5.74) is 9.19. The lowest BCUT2D eigenvalue weighted by Crippen LogP contribution is -2.06. The van der Waals surface area contributed by atoms with Gasteiger partial charge in [0.05, 0.1) is 23.3 Å². The molecule has 96 valence electrons. The summed E-state index contributed by atoms with van der Waals surface area (Å²) in [4.78, 5) is 0. The van der Waals surface area contributed by atoms with E-state index >= 15 is 0 Å². The van der Waals surface area contributed by atoms with Gasteiger partial charge in [0, 0.05) is 7.11 Å². The first-order chi connectivity index (χ1) is 8.61. The smallest absolute Gasteiger partial charge is 0.136 e. The Bertz CT molecular complexity index is 534. The number of aromatic nitrogens is 2. The number of anilines is 1. The molecule has 0 saturated heterocycles. The van der Waals surface area contributed by atoms with E-state index < -0.39 is 0 Å². The number of nitrogen functional groups attached to an aromatic ring is 1. The zero-order valence-electron chi connectivity index (χ0n) is 10.5. The molecule has 0 bridgehead atoms. The van der Waals surface area contributed by atoms with Crippen LogP contribution in [0.3, 0.4) is 0 Å². The number of methoxy groups -OCH3 is 1. The number of nitrogens with zero attached hydrogens (tertiary/aromatic N) is 2. The van der Waals surface area contributed by atoms with Gasteiger partial charge in [0.15, 0.2) is 0 Å². The average molecular weight is 310 g/mol. The Morgan fingerprint density at radius 3 is 2.39 bits per heavy atom. The van der Waals surface area contributed by atoms with Gasteiger partial charge in [0.2, 0.25) is 0 Å². The summed E-state index contributed by atoms with van der Waals surface area (Å²) in [6.45, 7) is 3.24. The van der Waals surface area contributed by atoms with Crippen molar-refractivity contribution in [1.29, 1.82) is 0 Å². The molecule has 0 spiro atoms. The van der Waals surface area contributed by atoms with Gasteiger partial charge in [0.1, 0.15) is 5.82 Å². The Hall–Kier alpha value is -1.33. The van der Waals surface area contributed by atoms with Crippen molar-refractivity contribution >= 4 is 21.7 Å². The molecule has 0 aliphatic rings. The van der Waals surface area contributed by atoms with Crippen LogP contribution in [0.4, 0.5) is 5.82 Å². The molecule has 18 heavy (non-hydrogen) atoms. The molecule has 0 atom stereocenters. The van der Waals surface area contributed by atoms with Crippen LogP contribution in [0.2, 0.25) is 0 Å². The minimum absolute atomic E-state index is 0.634. The highest BCUT2D eigenvalue weighted by Crippen LogP contribution is 2.23. The predicted molar refractivity (Wildman–Crippen MR) is 75.3 cm³/mol. The molecular weight excluding hydrogens is 294 g/mol. The van der Waals surface area contributed by atoms with Crippen LogP contribution in [-0.2, 0) is 17.9 Å². The van der Waals surface area contributed by atoms with Crippen molar-refractivity contribution in [2.45, 2.75) is 20.1 Å². The topological polar surface area (TPSA) is 53.1 Å². The second-order valence-electron chi connectivity index (χ2n) is 4.19. The molecule has 1 heterocycles. The molecule has 2 N–H and O–H groups in total. The summed E-state index contributed by atoms with van der Waals surface area (Å²) in [5, 5.41) is 4.38. The molecule has 0 amide bonds. The van der Waals surface area contributed by atoms with E-state index in [-0.39, 0.29) is 0 Å². The summed E-state index contributed by atoms with van der Waals surface area (Å²) in [7, 11) is 1.69. The Labute approximate surface area is 115 Å². The van der Waals surface area contributed by atoms with Crippen LogP contribution in [0.1, 0.15) is 16.8 Å². The van der Waals surface area contributed by atoms with Crippen LogP contribution in [0.15, 0.2) is 28.7 Å². The molecule has 1 aromatic carbocycles. The molecule has 0 fully saturated rings. The molecule has 2 rings (SSSR count). The second kappa shape index (κ2) is 5.54. The first-order valence-corrected chi connectivity index (χ1v) is 6.46. The van der Waals surface area contributed by atoms with E-state index in [2.05, 4.69) is 45.3 Å². The minimum Gasteiger partial charge on any atom is -0.383 e. The van der Waals surface area contributed by atoms with Gasteiger partial charge in [-0.05, 0) is 34.0 Å². The summed E-state index contributed by atoms with van der Waals surface area (Å²) in [6.07, 6.45) is 0. The number of hydrogen-bond acceptors (Lipinski definition) is 3. The maximum atomic E-state index is 5.96. The molecule has 2 aromatic rings. The fourth-order valence-electron chi connectivity index (χ4n) is 1.78. The first-order valence-electron chi connectivity index (χ1n) is 5.67. The van der Waals surface area contributed by atoms with Crippen molar-refractivity contribution in [2.24, 2.45) is 0 Å². The number of hydrogen-bond donors (Lipinski definition) is 1. The highest BCUT2D eigenvalue weighted by Gasteiger charge is 2.09. The number of benzene rings is 1. The van der Waals surface area contributed by atoms with Crippen LogP contribution >= 0.6 is 15.9 Å². The van der Waals surface area contributed by atoms with Crippen molar-refractivity contribution in [1.82, 2.24) is 9.78 Å². The van der Waals surface area contributed by atoms with Crippen LogP contribution < -0.4 is 5.73 Å². The fourth-order valence-corrected chi connectivity index (χ4v) is 2.06. The standard InChI is InChI=1S/C13H16BrN3O/c1-9-12(14)13(15)17(16-9)7-10-3-5-11(6-4-10)8-18-2/h3-6H,7-8,15H2,1-2H3. The quantitative estimate of drug-likeness (QED) is 0.945. The van der Waals surface area contributed by atoms with Gasteiger partial charge in [-0.25, -0.2) is 4.68 Å². The molecular formula is C13H16BrN3O. The average Bonchev–Trinajstić information content (AvgIpc) is 2.60. The van der Waals surface area contributed by atoms with Crippen molar-refractivity contribution in [3.8, 4) is 0 Å². The molecule has 5 heteroatoms. The number of aryl methyl sites for hydroxylation is 1. The lowest BCUT2D eigenvalue weighted by molar-refractivity contribution is 0.185. The van der Waals surface area contributed by atoms with Crippen LogP contribution in [0, 0.1) is 6.92 Å². The van der Waals surface area contributed by atoms with E-state index in [9.17, 15) is 0 Å². The van der Waals surface area contributed by atoms with Gasteiger partial charge in [0.25, 0.3) is 0 Å². The number of nitrogens with two attached hydrogens (primary N) is 1. The van der Waals surface area contributed by atoms with Crippen LogP contribution in [0.5, 0.6) is 0 Å². The Kier molecular flexibility index (Phi) is 4.04. The Morgan fingerprint density at radius 2 is 1.89 bits per heavy atom. The van der Waals surface area contributed by atoms with E-state index in [0.29, 0.717) is 19.0 Å². The van der Waals surface area contributed by atoms with Crippen molar-refractivity contribution in [2.75, 3.05) is 12.8 Å². The lowest BCUT2D eigenvalue weighted by atomic mass is 10.1. The van der Waals surface area contributed by atoms with Gasteiger partial charge >= 0.3 is 0 Å². The third-order valence-corrected chi connectivity index (χ3v) is 3.74. The largest absolute Gasteiger partial charge is 0.383 e. The molecule has 4 nitrogen and oxygen atoms in total. The van der Waals surface area contributed by atoms with Crippen molar-refractivity contribution in [3.63, 3.8) is 0 Å². The zero-order chi connectivity index (χ0) is 13.1. The number of halogens is 1. The van der Waals surface area contributed by atoms with Crippen LogP contribution in [0.25, 0.3) is 0 Å². The normalized spacial score (nSPS) is 10.8. The van der Waals surface area contributed by atoms with Gasteiger partial charge in [-0.3, -0.25) is 0 Å². The molecule has 0 aliphatic heterocycles. The van der Waals surface area contributed by atoms with Gasteiger partial charge < -0.3 is 10.5 Å². The monoisotopic (exact) mass is 309 g/mol. The summed E-state index contributed by atoms with van der Waals surface area (Å²) in [5.74, 6) is 0.661. The zero-order valence-corrected chi connectivity index (χ0v) is 12.1. The predicted octanol–water partition coefficient (Wildman–Crippen LogP) is 2.73. The fraction of sp³-hybridized carbons (Fsp3) is 0.308. The highest BCUT2D eigenvalue weighted by atomic mass is 79.9. The highest BCUT2D eigenvalue weighted by molar-refractivity contribution is 9.10. The maximum Gasteiger partial charge on any atom is 0.136 e. The Balaban J connectivity index is 2.15. The van der Waals surface area contributed by atoms with Crippen molar-refractivity contribution in [3.05, 3.63) is 45.6 Å². The number of rotatable bonds is 4. The molecule has 0 unspecified atom stereocenters. The van der Waals surface area contributed by atoms with Gasteiger partial charge in [-0.2, -0.15) is 5.10 Å². The molecule has 0 aliphatic carbocycles. The van der Waals surface area contributed by atoms with E-state index in [1.54, 1.807) is 11.8 Å². The third-order valence-electron chi connectivity index (χ3n) is 2.76. The van der Waals surface area contributed by atoms with Gasteiger partial charge in [-0.1, -0.05) is 24.3 Å². The van der Waals surface area contributed by atoms with E-state index in [4.69, 9.17) is 10.5 Å². The summed E-state index contributed by atoms with van der Waals surface area (Å²) in [6, 6.07) is 8.25. The molecule has 1 aromatic heterocycles. The van der Waals surface area contributed by atoms with E-state index in [1.165, 1.54) is 0 Å². The van der Waals surface area contributed by atoms with E-state index in [1.807, 2.05) is 6.92 Å². The SMILES string of the molecule is COCc1ccc(Cn2nc(C)c(Br)c2N)cc1. The minimum atomic E-state index is 0.634. The molecule has 0 saturated carbocycles. The lowest BCUT2D eigenvalue weighted by Gasteiger charge is -2.06. The van der Waals surface area contributed by atoms with E-state index in [0.717, 1.165) is 21.3 Å². The Morgan fingerprint density at radius 1 is 1.28 bits per heavy atom. The second-order valence-corrected chi connectivity index (χ2v) is 4.98. The number of ether oxygens (including phenoxy) is 1. The third kappa shape index (κ3) is 2.73. The molecule has 0 radical (unpaired) electrons. The summed E-state index contributed by atoms with van der Waals surface area (Å²) < 4.78 is 7.75. The summed E-state index contributed by atoms with van der Waals surface area (Å²) >= 11 is 3.42. The van der Waals surface area contributed by atoms with Crippen molar-refractivity contribution < 1.29 is 4.74 Å². The van der Waals surface area contributed by atoms with Gasteiger partial charge in [-0.15, -0.1) is 0 Å². The first kappa shape index (κ1) is 13.1. The maximum absolute atomic E-state index is 5.96.